The predicted molar refractivity (Wildman–Crippen MR) is 92.5 cm³/mol. The summed E-state index contributed by atoms with van der Waals surface area (Å²) < 4.78 is 3.15. The summed E-state index contributed by atoms with van der Waals surface area (Å²) in [7, 11) is 0. The highest BCUT2D eigenvalue weighted by Crippen LogP contribution is 2.29. The number of hydrogen-bond acceptors (Lipinski definition) is 2. The molecule has 1 heterocycles. The molecule has 0 unspecified atom stereocenters. The van der Waals surface area contributed by atoms with Crippen molar-refractivity contribution in [1.29, 1.82) is 0 Å². The quantitative estimate of drug-likeness (QED) is 0.706. The van der Waals surface area contributed by atoms with Crippen molar-refractivity contribution in [3.8, 4) is 22.8 Å². The molecule has 1 aromatic heterocycles. The molecule has 0 spiro atoms. The van der Waals surface area contributed by atoms with Crippen LogP contribution in [0.2, 0.25) is 0 Å². The highest BCUT2D eigenvalue weighted by atomic mass is 79.9. The van der Waals surface area contributed by atoms with Crippen molar-refractivity contribution < 1.29 is 5.11 Å². The molecule has 0 amide bonds. The Balaban J connectivity index is 2.05. The molecule has 0 fully saturated rings. The molecule has 22 heavy (non-hydrogen) atoms. The van der Waals surface area contributed by atoms with Crippen molar-refractivity contribution in [2.24, 2.45) is 0 Å². The van der Waals surface area contributed by atoms with Crippen molar-refractivity contribution in [1.82, 2.24) is 9.55 Å². The van der Waals surface area contributed by atoms with E-state index < -0.39 is 0 Å². The first-order chi connectivity index (χ1) is 10.6. The minimum atomic E-state index is 0.255. The molecule has 112 valence electrons. The number of rotatable bonds is 3. The van der Waals surface area contributed by atoms with Gasteiger partial charge in [-0.25, -0.2) is 4.98 Å². The van der Waals surface area contributed by atoms with E-state index in [1.165, 1.54) is 5.56 Å². The van der Waals surface area contributed by atoms with E-state index in [0.29, 0.717) is 5.92 Å². The molecule has 2 aromatic carbocycles. The third-order valence-electron chi connectivity index (χ3n) is 3.65. The lowest BCUT2D eigenvalue weighted by Gasteiger charge is -2.13. The first-order valence-corrected chi connectivity index (χ1v) is 7.98. The summed E-state index contributed by atoms with van der Waals surface area (Å²) in [6, 6.07) is 13.4. The topological polar surface area (TPSA) is 38.0 Å². The molecule has 0 atom stereocenters. The van der Waals surface area contributed by atoms with E-state index in [4.69, 9.17) is 0 Å². The van der Waals surface area contributed by atoms with Crippen LogP contribution in [0.5, 0.6) is 5.75 Å². The maximum absolute atomic E-state index is 9.43. The Hall–Kier alpha value is -2.07. The molecule has 0 aliphatic carbocycles. The molecule has 0 bridgehead atoms. The van der Waals surface area contributed by atoms with Crippen molar-refractivity contribution in [3.63, 3.8) is 0 Å². The monoisotopic (exact) mass is 356 g/mol. The van der Waals surface area contributed by atoms with Crippen molar-refractivity contribution in [2.45, 2.75) is 19.8 Å². The van der Waals surface area contributed by atoms with Crippen LogP contribution in [0.4, 0.5) is 0 Å². The summed E-state index contributed by atoms with van der Waals surface area (Å²) in [4.78, 5) is 4.45. The van der Waals surface area contributed by atoms with Gasteiger partial charge in [-0.2, -0.15) is 0 Å². The predicted octanol–water partition coefficient (Wildman–Crippen LogP) is 5.13. The number of phenols is 1. The molecule has 4 heteroatoms. The smallest absolute Gasteiger partial charge is 0.144 e. The van der Waals surface area contributed by atoms with Gasteiger partial charge in [-0.15, -0.1) is 0 Å². The Bertz CT molecular complexity index is 791. The van der Waals surface area contributed by atoms with Gasteiger partial charge < -0.3 is 5.11 Å². The molecule has 0 saturated carbocycles. The van der Waals surface area contributed by atoms with E-state index in [9.17, 15) is 5.11 Å². The van der Waals surface area contributed by atoms with Crippen molar-refractivity contribution in [2.75, 3.05) is 0 Å². The Kier molecular flexibility index (Phi) is 4.03. The Morgan fingerprint density at radius 3 is 2.45 bits per heavy atom. The van der Waals surface area contributed by atoms with E-state index in [2.05, 4.69) is 53.0 Å². The second kappa shape index (κ2) is 5.97. The fraction of sp³-hybridized carbons (Fsp3) is 0.167. The van der Waals surface area contributed by atoms with E-state index in [1.807, 2.05) is 22.9 Å². The van der Waals surface area contributed by atoms with Crippen molar-refractivity contribution >= 4 is 15.9 Å². The average Bonchev–Trinajstić information content (AvgIpc) is 2.97. The molecule has 0 radical (unpaired) electrons. The number of aromatic nitrogens is 2. The van der Waals surface area contributed by atoms with Crippen LogP contribution >= 0.6 is 15.9 Å². The summed E-state index contributed by atoms with van der Waals surface area (Å²) in [5, 5.41) is 9.43. The number of nitrogens with zero attached hydrogens (tertiary/aromatic N) is 2. The second-order valence-corrected chi connectivity index (χ2v) is 6.38. The molecule has 3 nitrogen and oxygen atoms in total. The normalized spacial score (nSPS) is 11.1. The molecule has 1 N–H and O–H groups in total. The number of hydrogen-bond donors (Lipinski definition) is 1. The molecular formula is C18H17BrN2O. The number of imidazole rings is 1. The molecule has 3 aromatic rings. The lowest BCUT2D eigenvalue weighted by atomic mass is 10.0. The zero-order valence-corrected chi connectivity index (χ0v) is 14.1. The van der Waals surface area contributed by atoms with Gasteiger partial charge >= 0.3 is 0 Å². The number of phenolic OH excluding ortho intramolecular Hbond substituents is 1. The van der Waals surface area contributed by atoms with Crippen LogP contribution in [0.25, 0.3) is 17.1 Å². The van der Waals surface area contributed by atoms with Gasteiger partial charge in [0, 0.05) is 28.1 Å². The first-order valence-electron chi connectivity index (χ1n) is 7.19. The number of halogens is 1. The first kappa shape index (κ1) is 14.9. The van der Waals surface area contributed by atoms with Gasteiger partial charge in [-0.1, -0.05) is 35.8 Å². The highest BCUT2D eigenvalue weighted by Gasteiger charge is 2.10. The van der Waals surface area contributed by atoms with Crippen LogP contribution in [-0.2, 0) is 0 Å². The summed E-state index contributed by atoms with van der Waals surface area (Å²) >= 11 is 3.66. The van der Waals surface area contributed by atoms with Gasteiger partial charge in [0.15, 0.2) is 0 Å². The Morgan fingerprint density at radius 2 is 1.82 bits per heavy atom. The maximum atomic E-state index is 9.43. The number of benzene rings is 2. The lowest BCUT2D eigenvalue weighted by molar-refractivity contribution is 0.475. The maximum Gasteiger partial charge on any atom is 0.144 e. The summed E-state index contributed by atoms with van der Waals surface area (Å²) in [5.74, 6) is 1.58. The highest BCUT2D eigenvalue weighted by molar-refractivity contribution is 9.10. The molecule has 0 aliphatic rings. The summed E-state index contributed by atoms with van der Waals surface area (Å²) in [6.45, 7) is 4.36. The standard InChI is InChI=1S/C18H17BrN2O/c1-12(2)16-8-5-14(11-17(16)19)21-10-9-20-18(21)13-3-6-15(22)7-4-13/h3-12,22H,1-2H3. The second-order valence-electron chi connectivity index (χ2n) is 5.53. The van der Waals surface area contributed by atoms with Crippen LogP contribution in [-0.4, -0.2) is 14.7 Å². The average molecular weight is 357 g/mol. The van der Waals surface area contributed by atoms with Crippen LogP contribution in [0.1, 0.15) is 25.3 Å². The zero-order chi connectivity index (χ0) is 15.7. The Morgan fingerprint density at radius 1 is 1.09 bits per heavy atom. The van der Waals surface area contributed by atoms with Crippen LogP contribution in [0.15, 0.2) is 59.3 Å². The third-order valence-corrected chi connectivity index (χ3v) is 4.34. The van der Waals surface area contributed by atoms with Crippen LogP contribution in [0.3, 0.4) is 0 Å². The number of aromatic hydroxyl groups is 1. The van der Waals surface area contributed by atoms with Gasteiger partial charge in [0.2, 0.25) is 0 Å². The largest absolute Gasteiger partial charge is 0.508 e. The zero-order valence-electron chi connectivity index (χ0n) is 12.5. The van der Waals surface area contributed by atoms with Gasteiger partial charge in [-0.05, 0) is 47.9 Å². The van der Waals surface area contributed by atoms with Gasteiger partial charge in [0.25, 0.3) is 0 Å². The van der Waals surface area contributed by atoms with Gasteiger partial charge in [0.1, 0.15) is 11.6 Å². The fourth-order valence-electron chi connectivity index (χ4n) is 2.47. The fourth-order valence-corrected chi connectivity index (χ4v) is 3.29. The molecular weight excluding hydrogens is 340 g/mol. The van der Waals surface area contributed by atoms with Crippen LogP contribution in [0, 0.1) is 0 Å². The van der Waals surface area contributed by atoms with E-state index in [0.717, 1.165) is 21.5 Å². The lowest BCUT2D eigenvalue weighted by Crippen LogP contribution is -1.98. The van der Waals surface area contributed by atoms with Gasteiger partial charge in [0.05, 0.1) is 0 Å². The van der Waals surface area contributed by atoms with E-state index in [-0.39, 0.29) is 5.75 Å². The van der Waals surface area contributed by atoms with Gasteiger partial charge in [-0.3, -0.25) is 4.57 Å². The van der Waals surface area contributed by atoms with Crippen molar-refractivity contribution in [3.05, 3.63) is 64.9 Å². The minimum Gasteiger partial charge on any atom is -0.508 e. The van der Waals surface area contributed by atoms with Crippen LogP contribution < -0.4 is 0 Å². The van der Waals surface area contributed by atoms with E-state index >= 15 is 0 Å². The minimum absolute atomic E-state index is 0.255. The molecule has 3 rings (SSSR count). The third kappa shape index (κ3) is 2.79. The molecule has 0 aliphatic heterocycles. The molecule has 0 saturated heterocycles. The summed E-state index contributed by atoms with van der Waals surface area (Å²) in [6.07, 6.45) is 3.73. The van der Waals surface area contributed by atoms with E-state index in [1.54, 1.807) is 18.3 Å². The SMILES string of the molecule is CC(C)c1ccc(-n2ccnc2-c2ccc(O)cc2)cc1Br. The Labute approximate surface area is 138 Å². The summed E-state index contributed by atoms with van der Waals surface area (Å²) in [5.41, 5.74) is 3.30.